The number of hydrogen-bond acceptors (Lipinski definition) is 2. The molecule has 0 heterocycles. The van der Waals surface area contributed by atoms with E-state index in [1.165, 1.54) is 32.1 Å². The molecular weight excluding hydrogens is 284 g/mol. The van der Waals surface area contributed by atoms with E-state index in [2.05, 4.69) is 13.8 Å². The van der Waals surface area contributed by atoms with Gasteiger partial charge < -0.3 is 0 Å². The summed E-state index contributed by atoms with van der Waals surface area (Å²) in [6.07, 6.45) is 10.3. The van der Waals surface area contributed by atoms with Crippen LogP contribution in [0.2, 0.25) is 0 Å². The molecule has 0 N–H and O–H groups in total. The lowest BCUT2D eigenvalue weighted by molar-refractivity contribution is -0.143. The Hall–Kier alpha value is -0.660. The summed E-state index contributed by atoms with van der Waals surface area (Å²) in [5.41, 5.74) is 0.660. The van der Waals surface area contributed by atoms with Gasteiger partial charge in [-0.25, -0.2) is 0 Å². The molecule has 0 aromatic carbocycles. The number of fused-ring (bicyclic) bond motifs is 5. The summed E-state index contributed by atoms with van der Waals surface area (Å²) in [6, 6.07) is 0. The van der Waals surface area contributed by atoms with Gasteiger partial charge in [0.25, 0.3) is 0 Å². The van der Waals surface area contributed by atoms with E-state index in [-0.39, 0.29) is 5.41 Å². The van der Waals surface area contributed by atoms with Gasteiger partial charge in [0.15, 0.2) is 0 Å². The lowest BCUT2D eigenvalue weighted by atomic mass is 9.44. The molecule has 128 valence electrons. The Bertz CT molecular complexity index is 538. The molecule has 2 nitrogen and oxygen atoms in total. The summed E-state index contributed by atoms with van der Waals surface area (Å²) >= 11 is 0. The van der Waals surface area contributed by atoms with Gasteiger partial charge in [-0.15, -0.1) is 0 Å². The first-order chi connectivity index (χ1) is 10.9. The highest BCUT2D eigenvalue weighted by Gasteiger charge is 2.60. The minimum absolute atomic E-state index is 0.265. The van der Waals surface area contributed by atoms with Crippen molar-refractivity contribution in [2.45, 2.75) is 78.6 Å². The third kappa shape index (κ3) is 2.12. The zero-order valence-electron chi connectivity index (χ0n) is 15.1. The molecule has 23 heavy (non-hydrogen) atoms. The molecule has 4 rings (SSSR count). The van der Waals surface area contributed by atoms with Crippen LogP contribution in [0.15, 0.2) is 0 Å². The van der Waals surface area contributed by atoms with Crippen molar-refractivity contribution in [1.82, 2.24) is 0 Å². The number of carbonyl (C=O) groups excluding carboxylic acids is 2. The highest BCUT2D eigenvalue weighted by molar-refractivity contribution is 5.80. The van der Waals surface area contributed by atoms with Crippen LogP contribution in [0.1, 0.15) is 78.6 Å². The van der Waals surface area contributed by atoms with Gasteiger partial charge in [0.2, 0.25) is 0 Å². The Labute approximate surface area is 140 Å². The summed E-state index contributed by atoms with van der Waals surface area (Å²) in [6.45, 7) is 6.74. The van der Waals surface area contributed by atoms with Crippen molar-refractivity contribution >= 4 is 11.6 Å². The molecule has 0 aliphatic heterocycles. The molecule has 0 amide bonds. The van der Waals surface area contributed by atoms with Crippen molar-refractivity contribution < 1.29 is 9.59 Å². The normalized spacial score (nSPS) is 52.5. The van der Waals surface area contributed by atoms with E-state index in [1.54, 1.807) is 0 Å². The summed E-state index contributed by atoms with van der Waals surface area (Å²) in [4.78, 5) is 24.1. The highest BCUT2D eigenvalue weighted by Crippen LogP contribution is 2.67. The number of carbonyl (C=O) groups is 2. The molecule has 0 radical (unpaired) electrons. The van der Waals surface area contributed by atoms with Crippen molar-refractivity contribution in [3.05, 3.63) is 0 Å². The molecule has 0 aromatic heterocycles. The molecule has 0 spiro atoms. The third-order valence-electron chi connectivity index (χ3n) is 8.97. The van der Waals surface area contributed by atoms with Crippen LogP contribution in [-0.4, -0.2) is 11.6 Å². The smallest absolute Gasteiger partial charge is 0.133 e. The summed E-state index contributed by atoms with van der Waals surface area (Å²) in [5.74, 6) is 4.25. The van der Waals surface area contributed by atoms with Crippen molar-refractivity contribution in [1.29, 1.82) is 0 Å². The maximum atomic E-state index is 12.2. The second kappa shape index (κ2) is 5.17. The molecule has 0 bridgehead atoms. The lowest BCUT2D eigenvalue weighted by Gasteiger charge is -2.60. The van der Waals surface area contributed by atoms with E-state index in [1.807, 2.05) is 6.92 Å². The zero-order chi connectivity index (χ0) is 16.4. The van der Waals surface area contributed by atoms with Crippen LogP contribution in [0.25, 0.3) is 0 Å². The minimum Gasteiger partial charge on any atom is -0.300 e. The van der Waals surface area contributed by atoms with Gasteiger partial charge in [0.1, 0.15) is 11.6 Å². The Morgan fingerprint density at radius 3 is 2.43 bits per heavy atom. The standard InChI is InChI=1S/C21H32O2/c1-13(22)17-6-7-18-16-5-4-14-12-15(23)8-10-20(14,2)19(16)9-11-21(17,18)3/h14,16-19H,4-12H2,1-3H3/t14-,16+,17+,18-,19-,20+,21-/m1/s1. The van der Waals surface area contributed by atoms with Crippen LogP contribution in [-0.2, 0) is 9.59 Å². The van der Waals surface area contributed by atoms with E-state index in [0.717, 1.165) is 43.4 Å². The van der Waals surface area contributed by atoms with Gasteiger partial charge in [-0.05, 0) is 86.4 Å². The number of ketones is 2. The van der Waals surface area contributed by atoms with E-state index in [4.69, 9.17) is 0 Å². The zero-order valence-corrected chi connectivity index (χ0v) is 15.1. The van der Waals surface area contributed by atoms with Crippen molar-refractivity contribution in [2.75, 3.05) is 0 Å². The van der Waals surface area contributed by atoms with Crippen molar-refractivity contribution in [3.8, 4) is 0 Å². The maximum absolute atomic E-state index is 12.2. The quantitative estimate of drug-likeness (QED) is 0.696. The van der Waals surface area contributed by atoms with E-state index in [9.17, 15) is 9.59 Å². The molecule has 7 atom stereocenters. The Morgan fingerprint density at radius 2 is 1.70 bits per heavy atom. The second-order valence-corrected chi connectivity index (χ2v) is 9.68. The van der Waals surface area contributed by atoms with Crippen molar-refractivity contribution in [3.63, 3.8) is 0 Å². The van der Waals surface area contributed by atoms with Crippen LogP contribution in [0.5, 0.6) is 0 Å². The molecule has 0 aromatic rings. The van der Waals surface area contributed by atoms with Crippen LogP contribution in [0, 0.1) is 40.4 Å². The van der Waals surface area contributed by atoms with Crippen LogP contribution < -0.4 is 0 Å². The van der Waals surface area contributed by atoms with Crippen LogP contribution in [0.3, 0.4) is 0 Å². The third-order valence-corrected chi connectivity index (χ3v) is 8.97. The molecule has 4 saturated carbocycles. The Balaban J connectivity index is 1.63. The van der Waals surface area contributed by atoms with Gasteiger partial charge in [-0.1, -0.05) is 13.8 Å². The number of Topliss-reactive ketones (excluding diaryl/α,β-unsaturated/α-hetero) is 2. The molecule has 2 heteroatoms. The monoisotopic (exact) mass is 316 g/mol. The van der Waals surface area contributed by atoms with Crippen LogP contribution in [0.4, 0.5) is 0 Å². The largest absolute Gasteiger partial charge is 0.300 e. The average molecular weight is 316 g/mol. The second-order valence-electron chi connectivity index (χ2n) is 9.68. The van der Waals surface area contributed by atoms with Crippen LogP contribution >= 0.6 is 0 Å². The van der Waals surface area contributed by atoms with Gasteiger partial charge >= 0.3 is 0 Å². The fourth-order valence-electron chi connectivity index (χ4n) is 7.71. The summed E-state index contributed by atoms with van der Waals surface area (Å²) < 4.78 is 0. The van der Waals surface area contributed by atoms with Gasteiger partial charge in [-0.3, -0.25) is 9.59 Å². The Kier molecular flexibility index (Phi) is 3.56. The fraction of sp³-hybridized carbons (Fsp3) is 0.905. The predicted molar refractivity (Wildman–Crippen MR) is 90.9 cm³/mol. The topological polar surface area (TPSA) is 34.1 Å². The molecule has 4 fully saturated rings. The summed E-state index contributed by atoms with van der Waals surface area (Å²) in [7, 11) is 0. The number of rotatable bonds is 1. The first-order valence-electron chi connectivity index (χ1n) is 9.88. The summed E-state index contributed by atoms with van der Waals surface area (Å²) in [5, 5.41) is 0. The molecule has 0 saturated heterocycles. The minimum atomic E-state index is 0.265. The lowest BCUT2D eigenvalue weighted by Crippen LogP contribution is -2.53. The molecule has 4 aliphatic rings. The number of hydrogen-bond donors (Lipinski definition) is 0. The average Bonchev–Trinajstić information content (AvgIpc) is 2.85. The van der Waals surface area contributed by atoms with Crippen molar-refractivity contribution in [2.24, 2.45) is 40.4 Å². The van der Waals surface area contributed by atoms with Gasteiger partial charge in [-0.2, -0.15) is 0 Å². The first-order valence-corrected chi connectivity index (χ1v) is 9.88. The SMILES string of the molecule is CC(=O)[C@@H]1CC[C@@H]2[C@@H]3CC[C@@H]4CC(=O)CC[C@]4(C)[C@@H]3CC[C@@]21C. The molecular formula is C21H32O2. The molecule has 4 aliphatic carbocycles. The first kappa shape index (κ1) is 15.8. The Morgan fingerprint density at radius 1 is 0.957 bits per heavy atom. The van der Waals surface area contributed by atoms with E-state index >= 15 is 0 Å². The highest BCUT2D eigenvalue weighted by atomic mass is 16.1. The fourth-order valence-corrected chi connectivity index (χ4v) is 7.71. The maximum Gasteiger partial charge on any atom is 0.133 e. The van der Waals surface area contributed by atoms with Gasteiger partial charge in [0.05, 0.1) is 0 Å². The predicted octanol–water partition coefficient (Wildman–Crippen LogP) is 4.80. The molecule has 0 unspecified atom stereocenters. The van der Waals surface area contributed by atoms with E-state index < -0.39 is 0 Å². The van der Waals surface area contributed by atoms with E-state index in [0.29, 0.717) is 28.8 Å². The van der Waals surface area contributed by atoms with Gasteiger partial charge in [0, 0.05) is 18.8 Å².